The van der Waals surface area contributed by atoms with Crippen LogP contribution in [-0.4, -0.2) is 80.4 Å². The van der Waals surface area contributed by atoms with Crippen molar-refractivity contribution in [2.45, 2.75) is 38.8 Å². The average molecular weight is 301 g/mol. The molecular weight excluding hydrogens is 270 g/mol. The summed E-state index contributed by atoms with van der Waals surface area (Å²) in [5.74, 6) is -0.304. The van der Waals surface area contributed by atoms with Crippen LogP contribution in [0.3, 0.4) is 0 Å². The van der Waals surface area contributed by atoms with Gasteiger partial charge in [-0.2, -0.15) is 0 Å². The molecule has 21 heavy (non-hydrogen) atoms. The number of hydrogen-bond acceptors (Lipinski definition) is 6. The van der Waals surface area contributed by atoms with Crippen LogP contribution in [0.5, 0.6) is 0 Å². The van der Waals surface area contributed by atoms with Gasteiger partial charge in [0.2, 0.25) is 0 Å². The molecule has 124 valence electrons. The lowest BCUT2D eigenvalue weighted by Gasteiger charge is -2.34. The Kier molecular flexibility index (Phi) is 7.59. The summed E-state index contributed by atoms with van der Waals surface area (Å²) in [5.41, 5.74) is 5.44. The van der Waals surface area contributed by atoms with Gasteiger partial charge in [0.05, 0.1) is 6.61 Å². The molecule has 1 aliphatic heterocycles. The quantitative estimate of drug-likeness (QED) is 0.683. The lowest BCUT2D eigenvalue weighted by molar-refractivity contribution is -0.156. The van der Waals surface area contributed by atoms with Crippen LogP contribution in [0.15, 0.2) is 0 Å². The van der Waals surface area contributed by atoms with E-state index in [4.69, 9.17) is 15.2 Å². The Morgan fingerprint density at radius 2 is 1.67 bits per heavy atom. The average Bonchev–Trinajstić information content (AvgIpc) is 2.41. The summed E-state index contributed by atoms with van der Waals surface area (Å²) in [5, 5.41) is 0. The molecule has 0 aliphatic carbocycles. The Bertz CT molecular complexity index is 310. The van der Waals surface area contributed by atoms with Gasteiger partial charge in [-0.3, -0.25) is 9.69 Å². The summed E-state index contributed by atoms with van der Waals surface area (Å²) < 4.78 is 10.4. The van der Waals surface area contributed by atoms with E-state index in [-0.39, 0.29) is 5.97 Å². The highest BCUT2D eigenvalue weighted by Crippen LogP contribution is 2.10. The molecule has 0 aromatic rings. The number of esters is 1. The van der Waals surface area contributed by atoms with Gasteiger partial charge in [0, 0.05) is 46.4 Å². The van der Waals surface area contributed by atoms with Gasteiger partial charge in [0.25, 0.3) is 0 Å². The fourth-order valence-electron chi connectivity index (χ4n) is 2.27. The molecule has 0 aromatic heterocycles. The summed E-state index contributed by atoms with van der Waals surface area (Å²) in [6.45, 7) is 12.3. The number of nitrogens with two attached hydrogens (primary N) is 1. The van der Waals surface area contributed by atoms with Gasteiger partial charge in [0.1, 0.15) is 11.6 Å². The minimum atomic E-state index is -0.532. The summed E-state index contributed by atoms with van der Waals surface area (Å²) in [6.07, 6.45) is 0.646. The maximum atomic E-state index is 11.8. The minimum Gasteiger partial charge on any atom is -0.459 e. The molecule has 2 N–H and O–H groups in total. The normalized spacial score (nSPS) is 19.5. The molecular formula is C15H31N3O3. The molecule has 0 aromatic carbocycles. The van der Waals surface area contributed by atoms with E-state index in [0.717, 1.165) is 45.9 Å². The van der Waals surface area contributed by atoms with E-state index >= 15 is 0 Å². The molecule has 1 aliphatic rings. The second-order valence-corrected chi connectivity index (χ2v) is 6.60. The number of carbonyl (C=O) groups excluding carboxylic acids is 1. The molecule has 0 bridgehead atoms. The van der Waals surface area contributed by atoms with E-state index in [1.54, 1.807) is 7.11 Å². The largest absolute Gasteiger partial charge is 0.459 e. The number of piperazine rings is 1. The minimum absolute atomic E-state index is 0.304. The van der Waals surface area contributed by atoms with Crippen LogP contribution >= 0.6 is 0 Å². The van der Waals surface area contributed by atoms with Crippen molar-refractivity contribution >= 4 is 5.97 Å². The summed E-state index contributed by atoms with van der Waals surface area (Å²) in [7, 11) is 1.73. The van der Waals surface area contributed by atoms with E-state index in [9.17, 15) is 4.79 Å². The maximum Gasteiger partial charge on any atom is 0.323 e. The van der Waals surface area contributed by atoms with Crippen LogP contribution < -0.4 is 5.73 Å². The van der Waals surface area contributed by atoms with Crippen molar-refractivity contribution in [3.8, 4) is 0 Å². The molecule has 0 spiro atoms. The van der Waals surface area contributed by atoms with Gasteiger partial charge in [-0.05, 0) is 27.2 Å². The van der Waals surface area contributed by atoms with E-state index in [2.05, 4.69) is 9.80 Å². The third-order valence-electron chi connectivity index (χ3n) is 3.54. The Morgan fingerprint density at radius 3 is 2.14 bits per heavy atom. The van der Waals surface area contributed by atoms with Crippen LogP contribution in [0.2, 0.25) is 0 Å². The standard InChI is InChI=1S/C15H31N3O3/c1-15(2,3)21-14(19)13(16)5-6-17-7-9-18(10-8-17)11-12-20-4/h13H,5-12,16H2,1-4H3. The van der Waals surface area contributed by atoms with Crippen molar-refractivity contribution in [3.63, 3.8) is 0 Å². The lowest BCUT2D eigenvalue weighted by Crippen LogP contribution is -2.48. The third-order valence-corrected chi connectivity index (χ3v) is 3.54. The Hall–Kier alpha value is -0.690. The number of ether oxygens (including phenoxy) is 2. The van der Waals surface area contributed by atoms with Crippen molar-refractivity contribution < 1.29 is 14.3 Å². The Balaban J connectivity index is 2.20. The molecule has 1 rings (SSSR count). The molecule has 1 atom stereocenters. The molecule has 6 heteroatoms. The Labute approximate surface area is 128 Å². The first kappa shape index (κ1) is 18.4. The smallest absolute Gasteiger partial charge is 0.323 e. The predicted molar refractivity (Wildman–Crippen MR) is 83.2 cm³/mol. The zero-order valence-corrected chi connectivity index (χ0v) is 13.9. The Morgan fingerprint density at radius 1 is 1.14 bits per heavy atom. The highest BCUT2D eigenvalue weighted by atomic mass is 16.6. The summed E-state index contributed by atoms with van der Waals surface area (Å²) in [4.78, 5) is 16.6. The molecule has 1 saturated heterocycles. The van der Waals surface area contributed by atoms with Gasteiger partial charge in [0.15, 0.2) is 0 Å². The van der Waals surface area contributed by atoms with Gasteiger partial charge in [-0.25, -0.2) is 0 Å². The van der Waals surface area contributed by atoms with Gasteiger partial charge in [-0.15, -0.1) is 0 Å². The molecule has 1 heterocycles. The number of methoxy groups -OCH3 is 1. The van der Waals surface area contributed by atoms with Crippen molar-refractivity contribution in [2.75, 3.05) is 53.0 Å². The van der Waals surface area contributed by atoms with Crippen molar-refractivity contribution in [3.05, 3.63) is 0 Å². The highest BCUT2D eigenvalue weighted by Gasteiger charge is 2.23. The van der Waals surface area contributed by atoms with Crippen molar-refractivity contribution in [1.82, 2.24) is 9.80 Å². The van der Waals surface area contributed by atoms with Crippen molar-refractivity contribution in [1.29, 1.82) is 0 Å². The van der Waals surface area contributed by atoms with Crippen LogP contribution in [0.1, 0.15) is 27.2 Å². The first-order chi connectivity index (χ1) is 9.81. The highest BCUT2D eigenvalue weighted by molar-refractivity contribution is 5.75. The van der Waals surface area contributed by atoms with E-state index in [1.165, 1.54) is 0 Å². The topological polar surface area (TPSA) is 68.0 Å². The van der Waals surface area contributed by atoms with Crippen LogP contribution in [0, 0.1) is 0 Å². The summed E-state index contributed by atoms with van der Waals surface area (Å²) >= 11 is 0. The molecule has 0 saturated carbocycles. The molecule has 6 nitrogen and oxygen atoms in total. The summed E-state index contributed by atoms with van der Waals surface area (Å²) in [6, 6.07) is -0.532. The number of carbonyl (C=O) groups is 1. The SMILES string of the molecule is COCCN1CCN(CCC(N)C(=O)OC(C)(C)C)CC1. The first-order valence-corrected chi connectivity index (χ1v) is 7.74. The number of nitrogens with zero attached hydrogens (tertiary/aromatic N) is 2. The van der Waals surface area contributed by atoms with E-state index in [1.807, 2.05) is 20.8 Å². The maximum absolute atomic E-state index is 11.8. The van der Waals surface area contributed by atoms with Crippen LogP contribution in [0.25, 0.3) is 0 Å². The van der Waals surface area contributed by atoms with E-state index < -0.39 is 11.6 Å². The predicted octanol–water partition coefficient (Wildman–Crippen LogP) is 0.310. The zero-order chi connectivity index (χ0) is 15.9. The second-order valence-electron chi connectivity index (χ2n) is 6.60. The van der Waals surface area contributed by atoms with Gasteiger partial charge in [-0.1, -0.05) is 0 Å². The lowest BCUT2D eigenvalue weighted by atomic mass is 10.1. The molecule has 0 radical (unpaired) electrons. The second kappa shape index (κ2) is 8.68. The first-order valence-electron chi connectivity index (χ1n) is 7.74. The van der Waals surface area contributed by atoms with Crippen LogP contribution in [0.4, 0.5) is 0 Å². The molecule has 1 unspecified atom stereocenters. The van der Waals surface area contributed by atoms with Crippen molar-refractivity contribution in [2.24, 2.45) is 5.73 Å². The fraction of sp³-hybridized carbons (Fsp3) is 0.933. The molecule has 0 amide bonds. The zero-order valence-electron chi connectivity index (χ0n) is 13.9. The monoisotopic (exact) mass is 301 g/mol. The third kappa shape index (κ3) is 7.76. The van der Waals surface area contributed by atoms with Crippen LogP contribution in [-0.2, 0) is 14.3 Å². The van der Waals surface area contributed by atoms with Gasteiger partial charge >= 0.3 is 5.97 Å². The number of hydrogen-bond donors (Lipinski definition) is 1. The number of rotatable bonds is 7. The van der Waals surface area contributed by atoms with E-state index in [0.29, 0.717) is 6.42 Å². The molecule has 1 fully saturated rings. The van der Waals surface area contributed by atoms with Gasteiger partial charge < -0.3 is 20.1 Å². The fourth-order valence-corrected chi connectivity index (χ4v) is 2.27.